The molecule has 6 nitrogen and oxygen atoms in total. The average Bonchev–Trinajstić information content (AvgIpc) is 2.75. The Balaban J connectivity index is 1.59. The van der Waals surface area contributed by atoms with E-state index in [2.05, 4.69) is 62.0 Å². The van der Waals surface area contributed by atoms with Crippen LogP contribution in [-0.2, 0) is 0 Å². The predicted molar refractivity (Wildman–Crippen MR) is 116 cm³/mol. The molecule has 0 atom stereocenters. The van der Waals surface area contributed by atoms with Gasteiger partial charge in [0.25, 0.3) is 0 Å². The normalized spacial score (nSPS) is 14.3. The van der Waals surface area contributed by atoms with Gasteiger partial charge in [0.2, 0.25) is 5.95 Å². The average molecular weight is 384 g/mol. The van der Waals surface area contributed by atoms with Gasteiger partial charge in [0.15, 0.2) is 0 Å². The SMILES string of the molecule is Cc1nc(N)nc(N2CCC(c3ccccc3)CC2)c1C#Cc1ccc(N)nc1. The summed E-state index contributed by atoms with van der Waals surface area (Å²) in [5.41, 5.74) is 15.4. The summed E-state index contributed by atoms with van der Waals surface area (Å²) in [6.07, 6.45) is 3.81. The molecule has 146 valence electrons. The molecular weight excluding hydrogens is 360 g/mol. The van der Waals surface area contributed by atoms with Crippen molar-refractivity contribution in [2.75, 3.05) is 29.5 Å². The van der Waals surface area contributed by atoms with Crippen molar-refractivity contribution in [1.29, 1.82) is 0 Å². The summed E-state index contributed by atoms with van der Waals surface area (Å²) >= 11 is 0. The molecule has 3 aromatic rings. The van der Waals surface area contributed by atoms with E-state index < -0.39 is 0 Å². The molecule has 4 N–H and O–H groups in total. The zero-order valence-electron chi connectivity index (χ0n) is 16.5. The Morgan fingerprint density at radius 1 is 0.966 bits per heavy atom. The summed E-state index contributed by atoms with van der Waals surface area (Å²) < 4.78 is 0. The van der Waals surface area contributed by atoms with Crippen molar-refractivity contribution in [2.24, 2.45) is 0 Å². The van der Waals surface area contributed by atoms with Gasteiger partial charge >= 0.3 is 0 Å². The number of nitrogens with zero attached hydrogens (tertiary/aromatic N) is 4. The standard InChI is InChI=1S/C23H24N6/c1-16-20(9-7-17-8-10-21(24)26-15-17)22(28-23(25)27-16)29-13-11-19(12-14-29)18-5-3-2-4-6-18/h2-6,8,10,15,19H,11-14H2,1H3,(H2,24,26)(H2,25,27,28). The summed E-state index contributed by atoms with van der Waals surface area (Å²) in [7, 11) is 0. The summed E-state index contributed by atoms with van der Waals surface area (Å²) in [5, 5.41) is 0. The third-order valence-corrected chi connectivity index (χ3v) is 5.27. The van der Waals surface area contributed by atoms with Gasteiger partial charge in [0.1, 0.15) is 11.6 Å². The lowest BCUT2D eigenvalue weighted by Crippen LogP contribution is -2.34. The van der Waals surface area contributed by atoms with E-state index in [0.29, 0.717) is 11.7 Å². The Bertz CT molecular complexity index is 1040. The number of anilines is 3. The van der Waals surface area contributed by atoms with Gasteiger partial charge < -0.3 is 16.4 Å². The zero-order chi connectivity index (χ0) is 20.2. The number of rotatable bonds is 2. The highest BCUT2D eigenvalue weighted by molar-refractivity contribution is 5.61. The van der Waals surface area contributed by atoms with E-state index >= 15 is 0 Å². The fourth-order valence-corrected chi connectivity index (χ4v) is 3.72. The second-order valence-corrected chi connectivity index (χ2v) is 7.26. The van der Waals surface area contributed by atoms with Gasteiger partial charge in [-0.25, -0.2) is 9.97 Å². The number of piperidine rings is 1. The highest BCUT2D eigenvalue weighted by Crippen LogP contribution is 2.31. The summed E-state index contributed by atoms with van der Waals surface area (Å²) in [6, 6.07) is 14.3. The van der Waals surface area contributed by atoms with Crippen molar-refractivity contribution in [3.8, 4) is 11.8 Å². The van der Waals surface area contributed by atoms with Crippen LogP contribution in [0.3, 0.4) is 0 Å². The van der Waals surface area contributed by atoms with Gasteiger partial charge in [0.05, 0.1) is 11.3 Å². The van der Waals surface area contributed by atoms with Crippen LogP contribution in [-0.4, -0.2) is 28.0 Å². The quantitative estimate of drug-likeness (QED) is 0.659. The molecule has 0 bridgehead atoms. The van der Waals surface area contributed by atoms with Crippen LogP contribution in [0.15, 0.2) is 48.7 Å². The van der Waals surface area contributed by atoms with Gasteiger partial charge in [-0.05, 0) is 43.4 Å². The third kappa shape index (κ3) is 4.30. The van der Waals surface area contributed by atoms with Crippen molar-refractivity contribution in [3.05, 3.63) is 71.0 Å². The largest absolute Gasteiger partial charge is 0.384 e. The molecule has 1 saturated heterocycles. The molecule has 0 amide bonds. The number of nitrogens with two attached hydrogens (primary N) is 2. The van der Waals surface area contributed by atoms with Crippen LogP contribution in [0.4, 0.5) is 17.6 Å². The van der Waals surface area contributed by atoms with Crippen LogP contribution in [0.5, 0.6) is 0 Å². The predicted octanol–water partition coefficient (Wildman–Crippen LogP) is 3.13. The van der Waals surface area contributed by atoms with E-state index in [1.54, 1.807) is 12.3 Å². The van der Waals surface area contributed by atoms with Crippen molar-refractivity contribution < 1.29 is 0 Å². The molecule has 0 unspecified atom stereocenters. The highest BCUT2D eigenvalue weighted by Gasteiger charge is 2.24. The van der Waals surface area contributed by atoms with Crippen LogP contribution in [0.2, 0.25) is 0 Å². The number of aromatic nitrogens is 3. The minimum absolute atomic E-state index is 0.280. The Hall–Kier alpha value is -3.59. The summed E-state index contributed by atoms with van der Waals surface area (Å²) in [4.78, 5) is 15.2. The maximum Gasteiger partial charge on any atom is 0.222 e. The van der Waals surface area contributed by atoms with Crippen LogP contribution in [0, 0.1) is 18.8 Å². The minimum Gasteiger partial charge on any atom is -0.384 e. The fourth-order valence-electron chi connectivity index (χ4n) is 3.72. The Morgan fingerprint density at radius 3 is 2.41 bits per heavy atom. The molecule has 6 heteroatoms. The van der Waals surface area contributed by atoms with E-state index in [0.717, 1.165) is 48.6 Å². The monoisotopic (exact) mass is 384 g/mol. The Morgan fingerprint density at radius 2 is 1.72 bits per heavy atom. The van der Waals surface area contributed by atoms with Crippen molar-refractivity contribution in [3.63, 3.8) is 0 Å². The molecule has 0 spiro atoms. The maximum absolute atomic E-state index is 5.96. The molecule has 1 fully saturated rings. The lowest BCUT2D eigenvalue weighted by Gasteiger charge is -2.33. The second-order valence-electron chi connectivity index (χ2n) is 7.26. The molecule has 2 aromatic heterocycles. The first-order valence-electron chi connectivity index (χ1n) is 9.77. The molecule has 1 aliphatic rings. The van der Waals surface area contributed by atoms with Gasteiger partial charge in [-0.2, -0.15) is 4.98 Å². The van der Waals surface area contributed by atoms with E-state index in [4.69, 9.17) is 11.5 Å². The number of nitrogen functional groups attached to an aromatic ring is 2. The van der Waals surface area contributed by atoms with Gasteiger partial charge in [-0.1, -0.05) is 42.2 Å². The molecule has 0 aliphatic carbocycles. The first kappa shape index (κ1) is 18.8. The number of aryl methyl sites for hydroxylation is 1. The number of hydrogen-bond donors (Lipinski definition) is 2. The highest BCUT2D eigenvalue weighted by atomic mass is 15.2. The van der Waals surface area contributed by atoms with Crippen LogP contribution >= 0.6 is 0 Å². The smallest absolute Gasteiger partial charge is 0.222 e. The minimum atomic E-state index is 0.280. The van der Waals surface area contributed by atoms with Crippen LogP contribution in [0.1, 0.15) is 41.1 Å². The number of hydrogen-bond acceptors (Lipinski definition) is 6. The van der Waals surface area contributed by atoms with E-state index in [-0.39, 0.29) is 5.95 Å². The first-order valence-corrected chi connectivity index (χ1v) is 9.77. The molecular formula is C23H24N6. The van der Waals surface area contributed by atoms with E-state index in [9.17, 15) is 0 Å². The lowest BCUT2D eigenvalue weighted by atomic mass is 9.89. The first-order chi connectivity index (χ1) is 14.1. The van der Waals surface area contributed by atoms with Crippen molar-refractivity contribution in [2.45, 2.75) is 25.7 Å². The molecule has 3 heterocycles. The topological polar surface area (TPSA) is 94.0 Å². The van der Waals surface area contributed by atoms with Gasteiger partial charge in [0, 0.05) is 24.8 Å². The third-order valence-electron chi connectivity index (χ3n) is 5.27. The maximum atomic E-state index is 5.96. The van der Waals surface area contributed by atoms with Gasteiger partial charge in [-0.3, -0.25) is 0 Å². The molecule has 0 saturated carbocycles. The lowest BCUT2D eigenvalue weighted by molar-refractivity contribution is 0.502. The van der Waals surface area contributed by atoms with Gasteiger partial charge in [-0.15, -0.1) is 0 Å². The molecule has 1 aliphatic heterocycles. The van der Waals surface area contributed by atoms with E-state index in [1.807, 2.05) is 13.0 Å². The number of pyridine rings is 1. The molecule has 4 rings (SSSR count). The number of benzene rings is 1. The summed E-state index contributed by atoms with van der Waals surface area (Å²) in [6.45, 7) is 3.74. The molecule has 29 heavy (non-hydrogen) atoms. The molecule has 1 aromatic carbocycles. The van der Waals surface area contributed by atoms with Crippen LogP contribution in [0.25, 0.3) is 0 Å². The summed E-state index contributed by atoms with van der Waals surface area (Å²) in [5.74, 6) is 8.52. The van der Waals surface area contributed by atoms with Crippen molar-refractivity contribution >= 4 is 17.6 Å². The Kier molecular flexibility index (Phi) is 5.30. The second kappa shape index (κ2) is 8.19. The fraction of sp³-hybridized carbons (Fsp3) is 0.261. The van der Waals surface area contributed by atoms with E-state index in [1.165, 1.54) is 5.56 Å². The zero-order valence-corrected chi connectivity index (χ0v) is 16.5. The van der Waals surface area contributed by atoms with Crippen LogP contribution < -0.4 is 16.4 Å². The Labute approximate surface area is 171 Å². The molecule has 0 radical (unpaired) electrons. The van der Waals surface area contributed by atoms with Crippen molar-refractivity contribution in [1.82, 2.24) is 15.0 Å².